The van der Waals surface area contributed by atoms with Crippen LogP contribution in [0.1, 0.15) is 16.9 Å². The Balaban J connectivity index is 1.89. The highest BCUT2D eigenvalue weighted by Gasteiger charge is 2.08. The second-order valence-corrected chi connectivity index (χ2v) is 7.31. The average molecular weight is 325 g/mol. The van der Waals surface area contributed by atoms with E-state index in [4.69, 9.17) is 5.14 Å². The zero-order valence-corrected chi connectivity index (χ0v) is 13.0. The number of benzene rings is 1. The van der Waals surface area contributed by atoms with E-state index < -0.39 is 10.0 Å². The molecule has 21 heavy (non-hydrogen) atoms. The Hall–Kier alpha value is -1.77. The Bertz CT molecular complexity index is 736. The molecule has 0 atom stereocenters. The fourth-order valence-electron chi connectivity index (χ4n) is 1.70. The molecule has 0 aliphatic carbocycles. The summed E-state index contributed by atoms with van der Waals surface area (Å²) in [7, 11) is -3.68. The molecule has 0 aliphatic rings. The minimum absolute atomic E-state index is 0.0639. The highest BCUT2D eigenvalue weighted by molar-refractivity contribution is 7.89. The highest BCUT2D eigenvalue weighted by atomic mass is 32.2. The predicted molar refractivity (Wildman–Crippen MR) is 81.6 cm³/mol. The van der Waals surface area contributed by atoms with Crippen LogP contribution in [0.15, 0.2) is 35.4 Å². The van der Waals surface area contributed by atoms with Gasteiger partial charge >= 0.3 is 0 Å². The number of amides is 1. The Labute approximate surface area is 127 Å². The van der Waals surface area contributed by atoms with Crippen molar-refractivity contribution >= 4 is 32.4 Å². The molecule has 1 amide bonds. The molecule has 0 fully saturated rings. The smallest absolute Gasteiger partial charge is 0.238 e. The number of rotatable bonds is 5. The minimum atomic E-state index is -3.68. The van der Waals surface area contributed by atoms with Crippen molar-refractivity contribution in [3.05, 3.63) is 40.9 Å². The lowest BCUT2D eigenvalue weighted by Crippen LogP contribution is -2.13. The molecule has 0 radical (unpaired) electrons. The predicted octanol–water partition coefficient (Wildman–Crippen LogP) is 1.67. The van der Waals surface area contributed by atoms with Crippen LogP contribution >= 0.6 is 11.3 Å². The van der Waals surface area contributed by atoms with Crippen molar-refractivity contribution in [2.24, 2.45) is 5.14 Å². The molecule has 6 nitrogen and oxygen atoms in total. The van der Waals surface area contributed by atoms with E-state index in [0.29, 0.717) is 18.0 Å². The molecule has 0 spiro atoms. The SMILES string of the molecule is Cc1cnc(NC(=O)CCc2ccc(S(N)(=O)=O)cc2)s1. The molecule has 0 unspecified atom stereocenters. The van der Waals surface area contributed by atoms with E-state index in [2.05, 4.69) is 10.3 Å². The molecule has 1 aromatic carbocycles. The van der Waals surface area contributed by atoms with E-state index in [0.717, 1.165) is 10.4 Å². The largest absolute Gasteiger partial charge is 0.302 e. The summed E-state index contributed by atoms with van der Waals surface area (Å²) in [6.45, 7) is 1.92. The molecule has 1 heterocycles. The van der Waals surface area contributed by atoms with Crippen LogP contribution in [0, 0.1) is 6.92 Å². The maximum atomic E-state index is 11.8. The van der Waals surface area contributed by atoms with Gasteiger partial charge in [-0.2, -0.15) is 0 Å². The molecule has 1 aromatic heterocycles. The van der Waals surface area contributed by atoms with Gasteiger partial charge in [-0.25, -0.2) is 18.5 Å². The normalized spacial score (nSPS) is 11.3. The number of primary sulfonamides is 1. The van der Waals surface area contributed by atoms with Crippen molar-refractivity contribution in [3.63, 3.8) is 0 Å². The van der Waals surface area contributed by atoms with Gasteiger partial charge < -0.3 is 5.32 Å². The second-order valence-electron chi connectivity index (χ2n) is 4.51. The summed E-state index contributed by atoms with van der Waals surface area (Å²) in [4.78, 5) is 16.9. The number of aromatic nitrogens is 1. The van der Waals surface area contributed by atoms with E-state index >= 15 is 0 Å². The Morgan fingerprint density at radius 1 is 1.33 bits per heavy atom. The zero-order chi connectivity index (χ0) is 15.5. The molecule has 0 aliphatic heterocycles. The third-order valence-electron chi connectivity index (χ3n) is 2.76. The first kappa shape index (κ1) is 15.6. The minimum Gasteiger partial charge on any atom is -0.302 e. The standard InChI is InChI=1S/C13H15N3O3S2/c1-9-8-15-13(20-9)16-12(17)7-4-10-2-5-11(6-3-10)21(14,18)19/h2-3,5-6,8H,4,7H2,1H3,(H2,14,18,19)(H,15,16,17). The first-order chi connectivity index (χ1) is 9.84. The molecule has 0 bridgehead atoms. The summed E-state index contributed by atoms with van der Waals surface area (Å²) in [5, 5.41) is 8.33. The summed E-state index contributed by atoms with van der Waals surface area (Å²) in [5.41, 5.74) is 0.868. The van der Waals surface area contributed by atoms with Crippen LogP contribution in [0.5, 0.6) is 0 Å². The van der Waals surface area contributed by atoms with Crippen LogP contribution in [-0.4, -0.2) is 19.3 Å². The third-order valence-corrected chi connectivity index (χ3v) is 4.52. The van der Waals surface area contributed by atoms with Gasteiger partial charge in [0.2, 0.25) is 15.9 Å². The molecule has 2 aromatic rings. The lowest BCUT2D eigenvalue weighted by Gasteiger charge is -2.03. The number of thiazole rings is 1. The van der Waals surface area contributed by atoms with Crippen molar-refractivity contribution in [2.45, 2.75) is 24.7 Å². The van der Waals surface area contributed by atoms with E-state index in [9.17, 15) is 13.2 Å². The Kier molecular flexibility index (Phi) is 4.71. The molecule has 3 N–H and O–H groups in total. The number of carbonyl (C=O) groups excluding carboxylic acids is 1. The Morgan fingerprint density at radius 2 is 2.00 bits per heavy atom. The fourth-order valence-corrected chi connectivity index (χ4v) is 2.89. The number of sulfonamides is 1. The van der Waals surface area contributed by atoms with Crippen LogP contribution in [0.4, 0.5) is 5.13 Å². The number of carbonyl (C=O) groups is 1. The number of nitrogens with two attached hydrogens (primary N) is 1. The number of anilines is 1. The molecule has 112 valence electrons. The van der Waals surface area contributed by atoms with Crippen molar-refractivity contribution in [3.8, 4) is 0 Å². The van der Waals surface area contributed by atoms with E-state index in [1.54, 1.807) is 18.3 Å². The van der Waals surface area contributed by atoms with Crippen molar-refractivity contribution in [1.82, 2.24) is 4.98 Å². The molecule has 0 saturated carbocycles. The van der Waals surface area contributed by atoms with Gasteiger partial charge in [-0.15, -0.1) is 11.3 Å². The number of nitrogens with zero attached hydrogens (tertiary/aromatic N) is 1. The van der Waals surface area contributed by atoms with E-state index in [-0.39, 0.29) is 10.8 Å². The summed E-state index contributed by atoms with van der Waals surface area (Å²) in [6, 6.07) is 6.18. The first-order valence-electron chi connectivity index (χ1n) is 6.18. The van der Waals surface area contributed by atoms with Crippen molar-refractivity contribution < 1.29 is 13.2 Å². The third kappa shape index (κ3) is 4.62. The summed E-state index contributed by atoms with van der Waals surface area (Å²) >= 11 is 1.42. The van der Waals surface area contributed by atoms with Gasteiger partial charge in [0.25, 0.3) is 0 Å². The first-order valence-corrected chi connectivity index (χ1v) is 8.55. The lowest BCUT2D eigenvalue weighted by molar-refractivity contribution is -0.116. The van der Waals surface area contributed by atoms with Gasteiger partial charge in [-0.3, -0.25) is 4.79 Å². The van der Waals surface area contributed by atoms with Crippen LogP contribution in [0.25, 0.3) is 0 Å². The zero-order valence-electron chi connectivity index (χ0n) is 11.4. The Morgan fingerprint density at radius 3 is 2.52 bits per heavy atom. The summed E-state index contributed by atoms with van der Waals surface area (Å²) in [6.07, 6.45) is 2.51. The topological polar surface area (TPSA) is 102 Å². The van der Waals surface area contributed by atoms with Gasteiger partial charge in [-0.05, 0) is 31.0 Å². The second kappa shape index (κ2) is 6.33. The van der Waals surface area contributed by atoms with Crippen LogP contribution < -0.4 is 10.5 Å². The van der Waals surface area contributed by atoms with Crippen molar-refractivity contribution in [1.29, 1.82) is 0 Å². The maximum absolute atomic E-state index is 11.8. The molecule has 2 rings (SSSR count). The molecule has 8 heteroatoms. The summed E-state index contributed by atoms with van der Waals surface area (Å²) in [5.74, 6) is -0.125. The van der Waals surface area contributed by atoms with Gasteiger partial charge in [0, 0.05) is 17.5 Å². The molecular weight excluding hydrogens is 310 g/mol. The van der Waals surface area contributed by atoms with E-state index in [1.165, 1.54) is 23.5 Å². The van der Waals surface area contributed by atoms with E-state index in [1.807, 2.05) is 6.92 Å². The maximum Gasteiger partial charge on any atom is 0.238 e. The van der Waals surface area contributed by atoms with Crippen LogP contribution in [0.2, 0.25) is 0 Å². The average Bonchev–Trinajstić information content (AvgIpc) is 2.81. The number of hydrogen-bond acceptors (Lipinski definition) is 5. The van der Waals surface area contributed by atoms with Gasteiger partial charge in [0.1, 0.15) is 0 Å². The van der Waals surface area contributed by atoms with Gasteiger partial charge in [0.05, 0.1) is 4.90 Å². The summed E-state index contributed by atoms with van der Waals surface area (Å²) < 4.78 is 22.2. The van der Waals surface area contributed by atoms with Crippen LogP contribution in [-0.2, 0) is 21.2 Å². The number of hydrogen-bond donors (Lipinski definition) is 2. The quantitative estimate of drug-likeness (QED) is 0.873. The highest BCUT2D eigenvalue weighted by Crippen LogP contribution is 2.17. The molecule has 0 saturated heterocycles. The number of nitrogens with one attached hydrogen (secondary N) is 1. The monoisotopic (exact) mass is 325 g/mol. The molecular formula is C13H15N3O3S2. The fraction of sp³-hybridized carbons (Fsp3) is 0.231. The number of aryl methyl sites for hydroxylation is 2. The van der Waals surface area contributed by atoms with Gasteiger partial charge in [-0.1, -0.05) is 12.1 Å². The van der Waals surface area contributed by atoms with Crippen LogP contribution in [0.3, 0.4) is 0 Å². The van der Waals surface area contributed by atoms with Gasteiger partial charge in [0.15, 0.2) is 5.13 Å². The van der Waals surface area contributed by atoms with Crippen molar-refractivity contribution in [2.75, 3.05) is 5.32 Å². The lowest BCUT2D eigenvalue weighted by atomic mass is 10.1.